The highest BCUT2D eigenvalue weighted by molar-refractivity contribution is 6.47. The molecule has 35 heavy (non-hydrogen) atoms. The zero-order valence-electron chi connectivity index (χ0n) is 19.7. The van der Waals surface area contributed by atoms with E-state index in [0.717, 1.165) is 64.7 Å². The van der Waals surface area contributed by atoms with Crippen molar-refractivity contribution < 1.29 is 14.3 Å². The first-order valence-electron chi connectivity index (χ1n) is 11.9. The normalized spacial score (nSPS) is 22.0. The summed E-state index contributed by atoms with van der Waals surface area (Å²) >= 11 is 0. The van der Waals surface area contributed by atoms with Crippen molar-refractivity contribution in [3.8, 4) is 0 Å². The summed E-state index contributed by atoms with van der Waals surface area (Å²) in [7, 11) is 4.14. The third kappa shape index (κ3) is 3.06. The number of carbonyl (C=O) groups excluding carboxylic acids is 2. The Morgan fingerprint density at radius 1 is 0.800 bits per heavy atom. The van der Waals surface area contributed by atoms with Gasteiger partial charge in [-0.1, -0.05) is 36.4 Å². The summed E-state index contributed by atoms with van der Waals surface area (Å²) in [5.74, 6) is 0.0487. The molecule has 178 valence electrons. The number of esters is 2. The van der Waals surface area contributed by atoms with Gasteiger partial charge in [0.2, 0.25) is 0 Å². The van der Waals surface area contributed by atoms with Gasteiger partial charge in [0.1, 0.15) is 0 Å². The van der Waals surface area contributed by atoms with E-state index in [9.17, 15) is 9.59 Å². The maximum Gasteiger partial charge on any atom is 0.347 e. The lowest BCUT2D eigenvalue weighted by atomic mass is 9.85. The number of aromatic nitrogens is 2. The second-order valence-corrected chi connectivity index (χ2v) is 9.99. The van der Waals surface area contributed by atoms with Gasteiger partial charge in [-0.3, -0.25) is 0 Å². The number of hydrogen-bond acceptors (Lipinski definition) is 4. The first-order chi connectivity index (χ1) is 16.5. The van der Waals surface area contributed by atoms with Crippen LogP contribution in [0.3, 0.4) is 0 Å². The molecule has 1 fully saturated rings. The quantitative estimate of drug-likeness (QED) is 0.313. The Hall–Kier alpha value is -3.35. The Morgan fingerprint density at radius 3 is 2.26 bits per heavy atom. The molecule has 5 heterocycles. The fraction of sp³-hybridized carbons (Fsp3) is 0.286. The van der Waals surface area contributed by atoms with Crippen molar-refractivity contribution in [3.63, 3.8) is 0 Å². The fourth-order valence-corrected chi connectivity index (χ4v) is 6.55. The predicted octanol–water partition coefficient (Wildman–Crippen LogP) is 4.28. The van der Waals surface area contributed by atoms with E-state index in [0.29, 0.717) is 23.0 Å². The number of hydrogen-bond donors (Lipinski definition) is 0. The van der Waals surface area contributed by atoms with Gasteiger partial charge in [0.15, 0.2) is 0 Å². The number of fused-ring (bicyclic) bond motifs is 5. The number of halogens is 1. The number of para-hydroxylation sites is 2. The van der Waals surface area contributed by atoms with E-state index in [1.54, 1.807) is 0 Å². The van der Waals surface area contributed by atoms with E-state index in [-0.39, 0.29) is 12.4 Å². The van der Waals surface area contributed by atoms with Gasteiger partial charge in [0.05, 0.1) is 11.1 Å². The lowest BCUT2D eigenvalue weighted by molar-refractivity contribution is -0.149. The molecule has 2 aromatic carbocycles. The molecular weight excluding hydrogens is 462 g/mol. The Kier molecular flexibility index (Phi) is 4.95. The summed E-state index contributed by atoms with van der Waals surface area (Å²) in [6.45, 7) is 3.09. The molecule has 1 saturated heterocycles. The molecule has 0 N–H and O–H groups in total. The second-order valence-electron chi connectivity index (χ2n) is 9.99. The Bertz CT molecular complexity index is 1580. The molecule has 0 radical (unpaired) electrons. The van der Waals surface area contributed by atoms with E-state index in [1.165, 1.54) is 0 Å². The zero-order valence-corrected chi connectivity index (χ0v) is 20.5. The minimum Gasteiger partial charge on any atom is -0.386 e. The van der Waals surface area contributed by atoms with E-state index in [4.69, 9.17) is 4.74 Å². The van der Waals surface area contributed by atoms with Crippen molar-refractivity contribution in [2.45, 2.75) is 13.0 Å². The smallest absolute Gasteiger partial charge is 0.347 e. The fourth-order valence-electron chi connectivity index (χ4n) is 6.55. The molecular formula is C28H26ClN3O3. The minimum atomic E-state index is -0.560. The molecule has 0 saturated carbocycles. The van der Waals surface area contributed by atoms with E-state index >= 15 is 0 Å². The highest BCUT2D eigenvalue weighted by Gasteiger charge is 2.42. The molecule has 0 bridgehead atoms. The first kappa shape index (κ1) is 22.1. The van der Waals surface area contributed by atoms with Crippen LogP contribution in [0.5, 0.6) is 0 Å². The molecule has 3 aliphatic rings. The maximum absolute atomic E-state index is 13.3. The summed E-state index contributed by atoms with van der Waals surface area (Å²) in [5, 5.41) is 1.96. The predicted molar refractivity (Wildman–Crippen MR) is 138 cm³/mol. The van der Waals surface area contributed by atoms with Crippen LogP contribution in [0.2, 0.25) is 0 Å². The second kappa shape index (κ2) is 7.83. The van der Waals surface area contributed by atoms with E-state index < -0.39 is 11.9 Å². The maximum atomic E-state index is 13.3. The topological polar surface area (TPSA) is 56.5 Å². The van der Waals surface area contributed by atoms with Crippen LogP contribution in [-0.2, 0) is 34.3 Å². The number of ether oxygens (including phenoxy) is 1. The third-order valence-corrected chi connectivity index (χ3v) is 7.97. The number of cyclic esters (lactones) is 2. The summed E-state index contributed by atoms with van der Waals surface area (Å²) in [5.41, 5.74) is 5.71. The van der Waals surface area contributed by atoms with Crippen LogP contribution in [0.4, 0.5) is 0 Å². The lowest BCUT2D eigenvalue weighted by Crippen LogP contribution is -2.28. The van der Waals surface area contributed by atoms with Crippen molar-refractivity contribution in [1.82, 2.24) is 14.0 Å². The van der Waals surface area contributed by atoms with E-state index in [2.05, 4.69) is 28.6 Å². The van der Waals surface area contributed by atoms with Crippen LogP contribution in [0.15, 0.2) is 54.7 Å². The Labute approximate surface area is 209 Å². The molecule has 6 nitrogen and oxygen atoms in total. The van der Waals surface area contributed by atoms with Crippen molar-refractivity contribution in [2.24, 2.45) is 18.9 Å². The molecule has 2 aromatic heterocycles. The Morgan fingerprint density at radius 2 is 1.46 bits per heavy atom. The van der Waals surface area contributed by atoms with Crippen molar-refractivity contribution in [3.05, 3.63) is 71.5 Å². The standard InChI is InChI=1S/C28H25N3O3.ClH/c1-29-12-16-11-23-24(19-8-4-6-10-22(19)31(23)14-17(16)13-29)26-25(27(32)34-28(26)33)20-15-30(2)21-9-5-3-7-18(20)21;/h3-10,15-17H,11-14H2,1-2H3;1H/t16-,17+;/m0./s1. The van der Waals surface area contributed by atoms with Crippen LogP contribution in [0.25, 0.3) is 33.0 Å². The minimum absolute atomic E-state index is 0. The molecule has 4 aromatic rings. The largest absolute Gasteiger partial charge is 0.386 e. The number of carbonyl (C=O) groups is 2. The van der Waals surface area contributed by atoms with Crippen molar-refractivity contribution >= 4 is 57.3 Å². The third-order valence-electron chi connectivity index (χ3n) is 7.97. The van der Waals surface area contributed by atoms with Gasteiger partial charge in [-0.15, -0.1) is 12.4 Å². The average molecular weight is 488 g/mol. The van der Waals surface area contributed by atoms with Crippen LogP contribution < -0.4 is 0 Å². The van der Waals surface area contributed by atoms with Crippen molar-refractivity contribution in [2.75, 3.05) is 20.1 Å². The summed E-state index contributed by atoms with van der Waals surface area (Å²) in [4.78, 5) is 28.8. The molecule has 2 atom stereocenters. The van der Waals surface area contributed by atoms with Gasteiger partial charge in [-0.2, -0.15) is 0 Å². The molecule has 0 spiro atoms. The average Bonchev–Trinajstić information content (AvgIpc) is 3.53. The molecule has 0 unspecified atom stereocenters. The molecule has 7 heteroatoms. The monoisotopic (exact) mass is 487 g/mol. The highest BCUT2D eigenvalue weighted by atomic mass is 35.5. The number of likely N-dealkylation sites (tertiary alicyclic amines) is 1. The van der Waals surface area contributed by atoms with Crippen LogP contribution >= 0.6 is 12.4 Å². The number of nitrogens with zero attached hydrogens (tertiary/aromatic N) is 3. The molecule has 7 rings (SSSR count). The number of rotatable bonds is 2. The van der Waals surface area contributed by atoms with Gasteiger partial charge in [0, 0.05) is 71.5 Å². The van der Waals surface area contributed by atoms with Gasteiger partial charge in [-0.05, 0) is 37.4 Å². The summed E-state index contributed by atoms with van der Waals surface area (Å²) in [6, 6.07) is 16.2. The number of aryl methyl sites for hydroxylation is 1. The SMILES string of the molecule is CN1C[C@@H]2Cn3c(c(C4=C(c5cn(C)c6ccccc56)C(=O)OC4=O)c4ccccc43)C[C@H]2C1.Cl. The zero-order chi connectivity index (χ0) is 23.1. The van der Waals surface area contributed by atoms with E-state index in [1.807, 2.05) is 54.2 Å². The lowest BCUT2D eigenvalue weighted by Gasteiger charge is -2.28. The van der Waals surface area contributed by atoms with Crippen LogP contribution in [-0.4, -0.2) is 46.1 Å². The van der Waals surface area contributed by atoms with Crippen LogP contribution in [0, 0.1) is 11.8 Å². The molecule has 0 aliphatic carbocycles. The number of benzene rings is 2. The van der Waals surface area contributed by atoms with Gasteiger partial charge < -0.3 is 18.8 Å². The summed E-state index contributed by atoms with van der Waals surface area (Å²) in [6.07, 6.45) is 2.83. The summed E-state index contributed by atoms with van der Waals surface area (Å²) < 4.78 is 9.67. The first-order valence-corrected chi connectivity index (χ1v) is 11.9. The molecule has 3 aliphatic heterocycles. The highest BCUT2D eigenvalue weighted by Crippen LogP contribution is 2.45. The Balaban J connectivity index is 0.00000229. The van der Waals surface area contributed by atoms with Crippen LogP contribution in [0.1, 0.15) is 16.8 Å². The molecule has 0 amide bonds. The van der Waals surface area contributed by atoms with Crippen molar-refractivity contribution in [1.29, 1.82) is 0 Å². The van der Waals surface area contributed by atoms with Gasteiger partial charge in [-0.25, -0.2) is 9.59 Å². The van der Waals surface area contributed by atoms with Gasteiger partial charge >= 0.3 is 11.9 Å². The van der Waals surface area contributed by atoms with Gasteiger partial charge in [0.25, 0.3) is 0 Å².